The summed E-state index contributed by atoms with van der Waals surface area (Å²) in [4.78, 5) is 0.161. The average molecular weight is 380 g/mol. The van der Waals surface area contributed by atoms with Crippen LogP contribution in [-0.2, 0) is 20.0 Å². The minimum absolute atomic E-state index is 0.114. The number of benzene rings is 2. The van der Waals surface area contributed by atoms with Crippen LogP contribution >= 0.6 is 0 Å². The maximum Gasteiger partial charge on any atom is 0.244 e. The van der Waals surface area contributed by atoms with Gasteiger partial charge < -0.3 is 0 Å². The van der Waals surface area contributed by atoms with Crippen molar-refractivity contribution in [2.24, 2.45) is 0 Å². The Labute approximate surface area is 148 Å². The molecule has 0 radical (unpaired) electrons. The van der Waals surface area contributed by atoms with Gasteiger partial charge in [0.25, 0.3) is 0 Å². The lowest BCUT2D eigenvalue weighted by molar-refractivity contribution is 0.293. The van der Waals surface area contributed by atoms with Gasteiger partial charge in [0.2, 0.25) is 20.0 Å². The molecule has 1 saturated heterocycles. The first-order chi connectivity index (χ1) is 11.7. The molecule has 134 valence electrons. The first-order valence-corrected chi connectivity index (χ1v) is 11.1. The quantitative estimate of drug-likeness (QED) is 0.813. The average Bonchev–Trinajstić information content (AvgIpc) is 3.02. The molecule has 1 aliphatic rings. The predicted octanol–water partition coefficient (Wildman–Crippen LogP) is 1.96. The van der Waals surface area contributed by atoms with Crippen LogP contribution in [-0.4, -0.2) is 44.8 Å². The Bertz CT molecular complexity index is 955. The smallest absolute Gasteiger partial charge is 0.212 e. The van der Waals surface area contributed by atoms with E-state index in [0.717, 1.165) is 11.8 Å². The van der Waals surface area contributed by atoms with Gasteiger partial charge in [0.1, 0.15) is 6.17 Å². The van der Waals surface area contributed by atoms with Gasteiger partial charge in [0, 0.05) is 13.1 Å². The molecule has 1 atom stereocenters. The third-order valence-corrected chi connectivity index (χ3v) is 7.34. The van der Waals surface area contributed by atoms with Crippen LogP contribution in [0.2, 0.25) is 0 Å². The largest absolute Gasteiger partial charge is 0.244 e. The van der Waals surface area contributed by atoms with Gasteiger partial charge in [-0.3, -0.25) is 0 Å². The van der Waals surface area contributed by atoms with Gasteiger partial charge in [-0.2, -0.15) is 8.61 Å². The van der Waals surface area contributed by atoms with Crippen LogP contribution in [0.15, 0.2) is 59.5 Å². The molecular weight excluding hydrogens is 360 g/mol. The highest BCUT2D eigenvalue weighted by atomic mass is 32.2. The Kier molecular flexibility index (Phi) is 4.72. The fourth-order valence-electron chi connectivity index (χ4n) is 2.99. The Balaban J connectivity index is 2.09. The molecule has 0 saturated carbocycles. The van der Waals surface area contributed by atoms with E-state index < -0.39 is 26.2 Å². The van der Waals surface area contributed by atoms with Crippen LogP contribution in [0.1, 0.15) is 17.3 Å². The molecule has 1 fully saturated rings. The zero-order valence-corrected chi connectivity index (χ0v) is 15.7. The molecule has 0 N–H and O–H groups in total. The molecular formula is C17H20N2O4S2. The summed E-state index contributed by atoms with van der Waals surface area (Å²) in [5, 5.41) is 0. The molecule has 3 rings (SSSR count). The number of aryl methyl sites for hydroxylation is 1. The Morgan fingerprint density at radius 3 is 1.96 bits per heavy atom. The number of nitrogens with zero attached hydrogens (tertiary/aromatic N) is 2. The number of hydrogen-bond acceptors (Lipinski definition) is 4. The van der Waals surface area contributed by atoms with E-state index in [4.69, 9.17) is 0 Å². The summed E-state index contributed by atoms with van der Waals surface area (Å²) in [5.74, 6) is 0. The highest BCUT2D eigenvalue weighted by Gasteiger charge is 2.44. The Morgan fingerprint density at radius 2 is 1.40 bits per heavy atom. The zero-order chi connectivity index (χ0) is 18.2. The van der Waals surface area contributed by atoms with E-state index in [9.17, 15) is 16.8 Å². The van der Waals surface area contributed by atoms with E-state index in [1.54, 1.807) is 48.5 Å². The number of sulfonamides is 2. The highest BCUT2D eigenvalue weighted by Crippen LogP contribution is 2.36. The molecule has 0 amide bonds. The minimum atomic E-state index is -3.82. The SMILES string of the molecule is Cc1ccc(S(=O)(=O)N2CCN(S(C)(=O)=O)[C@H]2c2ccccc2)cc1. The van der Waals surface area contributed by atoms with E-state index in [2.05, 4.69) is 0 Å². The molecule has 6 nitrogen and oxygen atoms in total. The van der Waals surface area contributed by atoms with Gasteiger partial charge in [-0.1, -0.05) is 48.0 Å². The van der Waals surface area contributed by atoms with Crippen molar-refractivity contribution in [3.8, 4) is 0 Å². The van der Waals surface area contributed by atoms with E-state index >= 15 is 0 Å². The van der Waals surface area contributed by atoms with Crippen molar-refractivity contribution in [1.29, 1.82) is 0 Å². The summed E-state index contributed by atoms with van der Waals surface area (Å²) >= 11 is 0. The van der Waals surface area contributed by atoms with Crippen LogP contribution in [0.4, 0.5) is 0 Å². The fourth-order valence-corrected chi connectivity index (χ4v) is 5.63. The lowest BCUT2D eigenvalue weighted by Crippen LogP contribution is -2.37. The summed E-state index contributed by atoms with van der Waals surface area (Å²) in [6.45, 7) is 2.12. The van der Waals surface area contributed by atoms with Crippen molar-refractivity contribution in [2.75, 3.05) is 19.3 Å². The van der Waals surface area contributed by atoms with Crippen molar-refractivity contribution in [2.45, 2.75) is 18.0 Å². The highest BCUT2D eigenvalue weighted by molar-refractivity contribution is 7.89. The molecule has 2 aromatic carbocycles. The maximum absolute atomic E-state index is 13.1. The Hall–Kier alpha value is -1.74. The van der Waals surface area contributed by atoms with E-state index in [-0.39, 0.29) is 18.0 Å². The molecule has 0 aromatic heterocycles. The second-order valence-corrected chi connectivity index (χ2v) is 9.91. The molecule has 0 aliphatic carbocycles. The molecule has 0 spiro atoms. The summed E-state index contributed by atoms with van der Waals surface area (Å²) < 4.78 is 53.1. The Morgan fingerprint density at radius 1 is 0.840 bits per heavy atom. The van der Waals surface area contributed by atoms with Crippen molar-refractivity contribution in [1.82, 2.24) is 8.61 Å². The van der Waals surface area contributed by atoms with Crippen molar-refractivity contribution < 1.29 is 16.8 Å². The second kappa shape index (κ2) is 6.53. The fraction of sp³-hybridized carbons (Fsp3) is 0.294. The molecule has 0 bridgehead atoms. The normalized spacial score (nSPS) is 20.0. The van der Waals surface area contributed by atoms with Gasteiger partial charge >= 0.3 is 0 Å². The molecule has 0 unspecified atom stereocenters. The maximum atomic E-state index is 13.1. The minimum Gasteiger partial charge on any atom is -0.212 e. The van der Waals surface area contributed by atoms with Gasteiger partial charge in [-0.15, -0.1) is 0 Å². The van der Waals surface area contributed by atoms with Crippen LogP contribution in [0, 0.1) is 6.92 Å². The van der Waals surface area contributed by atoms with E-state index in [0.29, 0.717) is 5.56 Å². The lowest BCUT2D eigenvalue weighted by Gasteiger charge is -2.28. The van der Waals surface area contributed by atoms with E-state index in [1.165, 1.54) is 8.61 Å². The van der Waals surface area contributed by atoms with Crippen LogP contribution in [0.25, 0.3) is 0 Å². The van der Waals surface area contributed by atoms with Gasteiger partial charge in [-0.05, 0) is 24.6 Å². The molecule has 1 aliphatic heterocycles. The van der Waals surface area contributed by atoms with Gasteiger partial charge in [0.15, 0.2) is 0 Å². The molecule has 1 heterocycles. The number of hydrogen-bond donors (Lipinski definition) is 0. The van der Waals surface area contributed by atoms with Gasteiger partial charge in [0.05, 0.1) is 11.2 Å². The van der Waals surface area contributed by atoms with Crippen LogP contribution in [0.5, 0.6) is 0 Å². The topological polar surface area (TPSA) is 74.8 Å². The predicted molar refractivity (Wildman–Crippen MR) is 95.8 cm³/mol. The molecule has 2 aromatic rings. The van der Waals surface area contributed by atoms with Crippen molar-refractivity contribution >= 4 is 20.0 Å². The summed E-state index contributed by atoms with van der Waals surface area (Å²) in [6.07, 6.45) is 0.229. The first-order valence-electron chi connectivity index (χ1n) is 7.81. The second-order valence-electron chi connectivity index (χ2n) is 6.09. The standard InChI is InChI=1S/C17H20N2O4S2/c1-14-8-10-16(11-9-14)25(22,23)19-13-12-18(24(2,20)21)17(19)15-6-4-3-5-7-15/h3-11,17H,12-13H2,1-2H3/t17-/m1/s1. The van der Waals surface area contributed by atoms with Crippen molar-refractivity contribution in [3.05, 3.63) is 65.7 Å². The monoisotopic (exact) mass is 380 g/mol. The summed E-state index contributed by atoms with van der Waals surface area (Å²) in [7, 11) is -7.37. The molecule has 25 heavy (non-hydrogen) atoms. The van der Waals surface area contributed by atoms with Crippen LogP contribution < -0.4 is 0 Å². The molecule has 8 heteroatoms. The summed E-state index contributed by atoms with van der Waals surface area (Å²) in [5.41, 5.74) is 1.58. The van der Waals surface area contributed by atoms with Gasteiger partial charge in [-0.25, -0.2) is 16.8 Å². The first kappa shape index (κ1) is 18.1. The number of rotatable bonds is 4. The third-order valence-electron chi connectivity index (χ3n) is 4.24. The third kappa shape index (κ3) is 3.48. The van der Waals surface area contributed by atoms with E-state index in [1.807, 2.05) is 13.0 Å². The lowest BCUT2D eigenvalue weighted by atomic mass is 10.2. The van der Waals surface area contributed by atoms with Crippen molar-refractivity contribution in [3.63, 3.8) is 0 Å². The van der Waals surface area contributed by atoms with Crippen LogP contribution in [0.3, 0.4) is 0 Å². The summed E-state index contributed by atoms with van der Waals surface area (Å²) in [6, 6.07) is 15.4. The zero-order valence-electron chi connectivity index (χ0n) is 14.0.